The second kappa shape index (κ2) is 14.4. The first-order valence-corrected chi connectivity index (χ1v) is 16.5. The Kier molecular flexibility index (Phi) is 10.4. The number of phenolic OH excluding ortho intramolecular Hbond substituents is 1. The van der Waals surface area contributed by atoms with Crippen molar-refractivity contribution in [3.63, 3.8) is 0 Å². The SMILES string of the molecule is O=C(O)[C@H]1C/C=C\C[C@H](CCCCCC[C@@H]2C=CCC2)[C@@H](c2ccc(O)cc2)Cc2cccc(c2)C12CCCCC2. The van der Waals surface area contributed by atoms with Gasteiger partial charge in [0.2, 0.25) is 0 Å². The van der Waals surface area contributed by atoms with E-state index in [2.05, 4.69) is 60.7 Å². The number of carboxylic acid groups (broad SMARTS) is 1. The molecule has 0 heterocycles. The van der Waals surface area contributed by atoms with Gasteiger partial charge in [-0.2, -0.15) is 0 Å². The molecule has 2 aromatic carbocycles. The maximum absolute atomic E-state index is 12.7. The van der Waals surface area contributed by atoms with Gasteiger partial charge in [-0.25, -0.2) is 0 Å². The third-order valence-corrected chi connectivity index (χ3v) is 10.5. The van der Waals surface area contributed by atoms with Crippen molar-refractivity contribution in [1.29, 1.82) is 0 Å². The number of benzene rings is 2. The van der Waals surface area contributed by atoms with E-state index in [4.69, 9.17) is 0 Å². The van der Waals surface area contributed by atoms with Gasteiger partial charge in [-0.1, -0.05) is 106 Å². The highest BCUT2D eigenvalue weighted by atomic mass is 16.4. The molecule has 0 aromatic heterocycles. The molecule has 3 heteroatoms. The maximum Gasteiger partial charge on any atom is 0.307 e. The van der Waals surface area contributed by atoms with Crippen molar-refractivity contribution in [2.45, 2.75) is 114 Å². The number of allylic oxidation sites excluding steroid dienone is 4. The largest absolute Gasteiger partial charge is 0.508 e. The first-order chi connectivity index (χ1) is 20.0. The van der Waals surface area contributed by atoms with Gasteiger partial charge in [0.25, 0.3) is 0 Å². The molecule has 2 aromatic rings. The molecule has 41 heavy (non-hydrogen) atoms. The monoisotopic (exact) mass is 554 g/mol. The maximum atomic E-state index is 12.7. The van der Waals surface area contributed by atoms with Gasteiger partial charge in [0.05, 0.1) is 5.92 Å². The molecule has 220 valence electrons. The van der Waals surface area contributed by atoms with Crippen LogP contribution in [0.3, 0.4) is 0 Å². The van der Waals surface area contributed by atoms with Crippen LogP contribution in [0.5, 0.6) is 5.75 Å². The Bertz CT molecular complexity index is 1170. The fraction of sp³-hybridized carbons (Fsp3) is 0.553. The number of rotatable bonds is 9. The van der Waals surface area contributed by atoms with E-state index in [1.165, 1.54) is 74.5 Å². The second-order valence-corrected chi connectivity index (χ2v) is 13.2. The van der Waals surface area contributed by atoms with Crippen LogP contribution in [0.25, 0.3) is 0 Å². The van der Waals surface area contributed by atoms with E-state index in [1.54, 1.807) is 0 Å². The summed E-state index contributed by atoms with van der Waals surface area (Å²) in [6.45, 7) is 0. The van der Waals surface area contributed by atoms with Gasteiger partial charge in [0.1, 0.15) is 5.75 Å². The number of aromatic hydroxyl groups is 1. The van der Waals surface area contributed by atoms with Gasteiger partial charge in [0.15, 0.2) is 0 Å². The minimum absolute atomic E-state index is 0.286. The van der Waals surface area contributed by atoms with Crippen molar-refractivity contribution in [1.82, 2.24) is 0 Å². The van der Waals surface area contributed by atoms with E-state index in [9.17, 15) is 15.0 Å². The molecule has 4 atom stereocenters. The fourth-order valence-corrected chi connectivity index (χ4v) is 8.21. The third kappa shape index (κ3) is 7.53. The molecule has 0 aliphatic heterocycles. The Morgan fingerprint density at radius 3 is 2.34 bits per heavy atom. The molecule has 3 nitrogen and oxygen atoms in total. The lowest BCUT2D eigenvalue weighted by Crippen LogP contribution is -2.41. The molecule has 0 unspecified atom stereocenters. The zero-order valence-corrected chi connectivity index (χ0v) is 24.9. The zero-order valence-electron chi connectivity index (χ0n) is 24.9. The van der Waals surface area contributed by atoms with Crippen LogP contribution in [-0.2, 0) is 16.6 Å². The standard InChI is InChI=1S/C38H50O3/c39-34-23-21-32(22-24-34)35-28-30-16-12-19-33(27-30)38(25-10-3-11-26-38)36(37(40)41)20-9-8-18-31(35)17-5-2-1-4-13-29-14-6-7-15-29/h6,8-9,12,14,16,19,21-24,27,29,31,35-36,39H,1-5,7,10-11,13,15,17-18,20,25-26,28H2,(H,40,41)/b9-8-/t29-,31+,35+,36-/m1/s1. The van der Waals surface area contributed by atoms with E-state index < -0.39 is 5.97 Å². The van der Waals surface area contributed by atoms with Crippen molar-refractivity contribution < 1.29 is 15.0 Å². The summed E-state index contributed by atoms with van der Waals surface area (Å²) in [7, 11) is 0. The van der Waals surface area contributed by atoms with Crippen LogP contribution in [0.4, 0.5) is 0 Å². The van der Waals surface area contributed by atoms with Crippen LogP contribution < -0.4 is 0 Å². The summed E-state index contributed by atoms with van der Waals surface area (Å²) in [5.74, 6) is 0.931. The van der Waals surface area contributed by atoms with Crippen molar-refractivity contribution in [2.24, 2.45) is 17.8 Å². The number of carbonyl (C=O) groups is 1. The molecule has 1 fully saturated rings. The second-order valence-electron chi connectivity index (χ2n) is 13.2. The van der Waals surface area contributed by atoms with E-state index in [-0.39, 0.29) is 11.3 Å². The Hall–Kier alpha value is -2.81. The van der Waals surface area contributed by atoms with E-state index >= 15 is 0 Å². The van der Waals surface area contributed by atoms with Crippen molar-refractivity contribution in [3.05, 3.63) is 89.5 Å². The summed E-state index contributed by atoms with van der Waals surface area (Å²) in [4.78, 5) is 12.7. The van der Waals surface area contributed by atoms with E-state index in [0.717, 1.165) is 44.4 Å². The molecule has 3 aliphatic rings. The van der Waals surface area contributed by atoms with E-state index in [1.807, 2.05) is 12.1 Å². The van der Waals surface area contributed by atoms with Gasteiger partial charge in [-0.05, 0) is 104 Å². The van der Waals surface area contributed by atoms with Gasteiger partial charge in [-0.15, -0.1) is 0 Å². The summed E-state index contributed by atoms with van der Waals surface area (Å²) >= 11 is 0. The Morgan fingerprint density at radius 2 is 1.61 bits per heavy atom. The topological polar surface area (TPSA) is 57.5 Å². The number of hydrogen-bond donors (Lipinski definition) is 2. The first kappa shape index (κ1) is 29.7. The first-order valence-electron chi connectivity index (χ1n) is 16.5. The molecular formula is C38H50O3. The van der Waals surface area contributed by atoms with Crippen LogP contribution in [0.1, 0.15) is 119 Å². The van der Waals surface area contributed by atoms with Crippen LogP contribution in [-0.4, -0.2) is 16.2 Å². The minimum atomic E-state index is -0.648. The van der Waals surface area contributed by atoms with Gasteiger partial charge < -0.3 is 10.2 Å². The summed E-state index contributed by atoms with van der Waals surface area (Å²) in [5.41, 5.74) is 3.56. The van der Waals surface area contributed by atoms with Crippen LogP contribution in [0, 0.1) is 17.8 Å². The highest BCUT2D eigenvalue weighted by Gasteiger charge is 2.44. The molecule has 2 N–H and O–H groups in total. The number of carboxylic acids is 1. The highest BCUT2D eigenvalue weighted by molar-refractivity contribution is 5.73. The fourth-order valence-electron chi connectivity index (χ4n) is 8.21. The number of aliphatic carboxylic acids is 1. The average Bonchev–Trinajstić information content (AvgIpc) is 3.51. The molecule has 5 rings (SSSR count). The Labute approximate surface area is 247 Å². The summed E-state index contributed by atoms with van der Waals surface area (Å²) in [6, 6.07) is 16.9. The predicted octanol–water partition coefficient (Wildman–Crippen LogP) is 9.89. The predicted molar refractivity (Wildman–Crippen MR) is 168 cm³/mol. The molecule has 1 spiro atoms. The van der Waals surface area contributed by atoms with Gasteiger partial charge in [-0.3, -0.25) is 4.79 Å². The van der Waals surface area contributed by atoms with Crippen molar-refractivity contribution >= 4 is 5.97 Å². The number of fused-ring (bicyclic) bond motifs is 3. The Morgan fingerprint density at radius 1 is 0.854 bits per heavy atom. The highest BCUT2D eigenvalue weighted by Crippen LogP contribution is 2.48. The summed E-state index contributed by atoms with van der Waals surface area (Å²) < 4.78 is 0. The summed E-state index contributed by atoms with van der Waals surface area (Å²) in [6.07, 6.45) is 27.3. The smallest absolute Gasteiger partial charge is 0.307 e. The molecule has 2 bridgehead atoms. The lowest BCUT2D eigenvalue weighted by molar-refractivity contribution is -0.145. The molecule has 0 radical (unpaired) electrons. The average molecular weight is 555 g/mol. The number of unbranched alkanes of at least 4 members (excludes halogenated alkanes) is 3. The molecular weight excluding hydrogens is 504 g/mol. The van der Waals surface area contributed by atoms with Crippen molar-refractivity contribution in [3.8, 4) is 5.75 Å². The molecule has 1 saturated carbocycles. The normalized spacial score (nSPS) is 26.7. The van der Waals surface area contributed by atoms with Gasteiger partial charge >= 0.3 is 5.97 Å². The Balaban J connectivity index is 1.38. The van der Waals surface area contributed by atoms with Crippen LogP contribution in [0.15, 0.2) is 72.8 Å². The quantitative estimate of drug-likeness (QED) is 0.239. The third-order valence-electron chi connectivity index (χ3n) is 10.5. The minimum Gasteiger partial charge on any atom is -0.508 e. The molecule has 0 amide bonds. The van der Waals surface area contributed by atoms with Gasteiger partial charge in [0, 0.05) is 5.41 Å². The molecule has 3 aliphatic carbocycles. The van der Waals surface area contributed by atoms with Crippen LogP contribution in [0.2, 0.25) is 0 Å². The lowest BCUT2D eigenvalue weighted by atomic mass is 9.60. The van der Waals surface area contributed by atoms with Crippen molar-refractivity contribution in [2.75, 3.05) is 0 Å². The number of hydrogen-bond acceptors (Lipinski definition) is 2. The summed E-state index contributed by atoms with van der Waals surface area (Å²) in [5, 5.41) is 20.5. The number of phenols is 1. The van der Waals surface area contributed by atoms with Crippen LogP contribution >= 0.6 is 0 Å². The lowest BCUT2D eigenvalue weighted by Gasteiger charge is -2.42. The van der Waals surface area contributed by atoms with E-state index in [0.29, 0.717) is 24.0 Å². The molecule has 0 saturated heterocycles. The zero-order chi connectivity index (χ0) is 28.5.